The van der Waals surface area contributed by atoms with E-state index < -0.39 is 7.26 Å². The first-order valence-corrected chi connectivity index (χ1v) is 12.5. The minimum absolute atomic E-state index is 0. The molecule has 0 aromatic heterocycles. The molecule has 2 atom stereocenters. The Balaban J connectivity index is 0.00000256. The molecule has 3 aromatic carbocycles. The van der Waals surface area contributed by atoms with Gasteiger partial charge in [0.2, 0.25) is 0 Å². The largest absolute Gasteiger partial charge is 1.00 e. The molecule has 1 heterocycles. The molecule has 0 saturated carbocycles. The van der Waals surface area contributed by atoms with Crippen molar-refractivity contribution >= 4 is 23.2 Å². The van der Waals surface area contributed by atoms with Gasteiger partial charge in [0, 0.05) is 13.0 Å². The Labute approximate surface area is 191 Å². The van der Waals surface area contributed by atoms with Crippen molar-refractivity contribution in [2.24, 2.45) is 0 Å². The average Bonchev–Trinajstić information content (AvgIpc) is 2.82. The molecular formula is C26H30BrO2P. The third-order valence-electron chi connectivity index (χ3n) is 5.72. The molecule has 0 N–H and O–H groups in total. The first kappa shape index (κ1) is 23.2. The Morgan fingerprint density at radius 3 is 1.63 bits per heavy atom. The third kappa shape index (κ3) is 4.70. The molecule has 2 nitrogen and oxygen atoms in total. The van der Waals surface area contributed by atoms with Crippen LogP contribution in [0.2, 0.25) is 0 Å². The molecule has 0 spiro atoms. The third-order valence-corrected chi connectivity index (χ3v) is 10.4. The molecule has 0 aliphatic carbocycles. The van der Waals surface area contributed by atoms with Gasteiger partial charge in [-0.15, -0.1) is 0 Å². The van der Waals surface area contributed by atoms with Gasteiger partial charge in [-0.25, -0.2) is 0 Å². The quantitative estimate of drug-likeness (QED) is 0.479. The molecular weight excluding hydrogens is 455 g/mol. The Morgan fingerprint density at radius 1 is 0.800 bits per heavy atom. The van der Waals surface area contributed by atoms with Gasteiger partial charge < -0.3 is 26.5 Å². The summed E-state index contributed by atoms with van der Waals surface area (Å²) >= 11 is 0. The summed E-state index contributed by atoms with van der Waals surface area (Å²) in [5, 5.41) is 4.08. The van der Waals surface area contributed by atoms with E-state index in [9.17, 15) is 0 Å². The first-order chi connectivity index (χ1) is 14.4. The monoisotopic (exact) mass is 484 g/mol. The van der Waals surface area contributed by atoms with Crippen LogP contribution in [0.1, 0.15) is 32.6 Å². The van der Waals surface area contributed by atoms with Crippen LogP contribution in [0, 0.1) is 0 Å². The lowest BCUT2D eigenvalue weighted by molar-refractivity contribution is -0.171. The fourth-order valence-corrected chi connectivity index (χ4v) is 9.08. The van der Waals surface area contributed by atoms with Crippen LogP contribution in [0.4, 0.5) is 0 Å². The summed E-state index contributed by atoms with van der Waals surface area (Å²) in [5.41, 5.74) is 0. The highest BCUT2D eigenvalue weighted by molar-refractivity contribution is 7.96. The van der Waals surface area contributed by atoms with Crippen LogP contribution >= 0.6 is 7.26 Å². The van der Waals surface area contributed by atoms with E-state index in [2.05, 4.69) is 97.9 Å². The molecule has 158 valence electrons. The van der Waals surface area contributed by atoms with Gasteiger partial charge in [0.1, 0.15) is 23.2 Å². The zero-order chi connectivity index (χ0) is 19.9. The lowest BCUT2D eigenvalue weighted by Gasteiger charge is -2.36. The molecule has 1 fully saturated rings. The molecule has 0 bridgehead atoms. The Bertz CT molecular complexity index is 771. The van der Waals surface area contributed by atoms with Gasteiger partial charge >= 0.3 is 0 Å². The molecule has 0 amide bonds. The second-order valence-corrected chi connectivity index (χ2v) is 11.1. The van der Waals surface area contributed by atoms with E-state index in [0.717, 1.165) is 25.9 Å². The number of halogens is 1. The normalized spacial score (nSPS) is 17.7. The number of hydrogen-bond donors (Lipinski definition) is 0. The number of rotatable bonds is 7. The fourth-order valence-electron chi connectivity index (χ4n) is 4.39. The van der Waals surface area contributed by atoms with Crippen molar-refractivity contribution in [2.75, 3.05) is 6.61 Å². The van der Waals surface area contributed by atoms with Crippen molar-refractivity contribution < 1.29 is 26.5 Å². The van der Waals surface area contributed by atoms with Gasteiger partial charge in [-0.1, -0.05) is 61.5 Å². The summed E-state index contributed by atoms with van der Waals surface area (Å²) < 4.78 is 12.8. The summed E-state index contributed by atoms with van der Waals surface area (Å²) in [4.78, 5) is 0. The standard InChI is InChI=1S/C26H30O2P.BrH/c1-2-26(28-25-20-12-13-21-27-25)29(22-14-6-3-7-15-22,23-16-8-4-9-17-23)24-18-10-5-11-19-24;/h3-11,14-19,25-26H,2,12-13,20-21H2,1H3;1H/q+1;/p-1. The van der Waals surface area contributed by atoms with Crippen LogP contribution in [0.15, 0.2) is 91.0 Å². The average molecular weight is 485 g/mol. The van der Waals surface area contributed by atoms with Crippen molar-refractivity contribution in [2.45, 2.75) is 44.7 Å². The zero-order valence-electron chi connectivity index (χ0n) is 17.5. The lowest BCUT2D eigenvalue weighted by atomic mass is 10.2. The van der Waals surface area contributed by atoms with E-state index >= 15 is 0 Å². The molecule has 1 aliphatic rings. The summed E-state index contributed by atoms with van der Waals surface area (Å²) in [6.07, 6.45) is 4.12. The van der Waals surface area contributed by atoms with Crippen molar-refractivity contribution in [1.29, 1.82) is 0 Å². The summed E-state index contributed by atoms with van der Waals surface area (Å²) in [6.45, 7) is 3.05. The molecule has 3 aromatic rings. The minimum atomic E-state index is -2.03. The Morgan fingerprint density at radius 2 is 1.27 bits per heavy atom. The number of hydrogen-bond acceptors (Lipinski definition) is 2. The molecule has 1 saturated heterocycles. The first-order valence-electron chi connectivity index (χ1n) is 10.7. The summed E-state index contributed by atoms with van der Waals surface area (Å²) in [7, 11) is -2.03. The van der Waals surface area contributed by atoms with E-state index in [1.807, 2.05) is 0 Å². The highest BCUT2D eigenvalue weighted by atomic mass is 79.9. The maximum absolute atomic E-state index is 6.80. The predicted octanol–water partition coefficient (Wildman–Crippen LogP) is 2.26. The molecule has 4 heteroatoms. The second-order valence-electron chi connectivity index (χ2n) is 7.52. The van der Waals surface area contributed by atoms with Crippen LogP contribution in [0.5, 0.6) is 0 Å². The minimum Gasteiger partial charge on any atom is -1.00 e. The van der Waals surface area contributed by atoms with Crippen molar-refractivity contribution in [3.05, 3.63) is 91.0 Å². The van der Waals surface area contributed by atoms with Gasteiger partial charge in [0.15, 0.2) is 12.1 Å². The maximum Gasteiger partial charge on any atom is 0.184 e. The van der Waals surface area contributed by atoms with Crippen LogP contribution in [-0.2, 0) is 9.47 Å². The molecule has 4 rings (SSSR count). The van der Waals surface area contributed by atoms with Crippen LogP contribution in [0.3, 0.4) is 0 Å². The molecule has 30 heavy (non-hydrogen) atoms. The van der Waals surface area contributed by atoms with Gasteiger partial charge in [0.25, 0.3) is 0 Å². The second kappa shape index (κ2) is 11.2. The summed E-state index contributed by atoms with van der Waals surface area (Å²) in [5.74, 6) is 0.0674. The Hall–Kier alpha value is -1.51. The topological polar surface area (TPSA) is 18.5 Å². The van der Waals surface area contributed by atoms with E-state index in [0.29, 0.717) is 0 Å². The number of benzene rings is 3. The molecule has 2 unspecified atom stereocenters. The van der Waals surface area contributed by atoms with Crippen molar-refractivity contribution in [1.82, 2.24) is 0 Å². The van der Waals surface area contributed by atoms with E-state index in [1.165, 1.54) is 22.3 Å². The van der Waals surface area contributed by atoms with E-state index in [1.54, 1.807) is 0 Å². The van der Waals surface area contributed by atoms with Crippen LogP contribution in [-0.4, -0.2) is 18.7 Å². The van der Waals surface area contributed by atoms with Gasteiger partial charge in [-0.3, -0.25) is 0 Å². The smallest absolute Gasteiger partial charge is 0.184 e. The number of ether oxygens (including phenoxy) is 2. The SMILES string of the molecule is CCC(OC1CCCCO1)[P+](c1ccccc1)(c1ccccc1)c1ccccc1.[Br-]. The van der Waals surface area contributed by atoms with Gasteiger partial charge in [-0.05, 0) is 55.7 Å². The van der Waals surface area contributed by atoms with E-state index in [-0.39, 0.29) is 29.1 Å². The highest BCUT2D eigenvalue weighted by Crippen LogP contribution is 2.61. The predicted molar refractivity (Wildman–Crippen MR) is 124 cm³/mol. The van der Waals surface area contributed by atoms with Crippen molar-refractivity contribution in [3.63, 3.8) is 0 Å². The lowest BCUT2D eigenvalue weighted by Crippen LogP contribution is -3.00. The molecule has 1 aliphatic heterocycles. The molecule has 0 radical (unpaired) electrons. The highest BCUT2D eigenvalue weighted by Gasteiger charge is 2.53. The van der Waals surface area contributed by atoms with Crippen LogP contribution in [0.25, 0.3) is 0 Å². The summed E-state index contributed by atoms with van der Waals surface area (Å²) in [6, 6.07) is 32.9. The Kier molecular flexibility index (Phi) is 8.65. The van der Waals surface area contributed by atoms with Crippen molar-refractivity contribution in [3.8, 4) is 0 Å². The van der Waals surface area contributed by atoms with Crippen LogP contribution < -0.4 is 32.9 Å². The zero-order valence-corrected chi connectivity index (χ0v) is 20.0. The fraction of sp³-hybridized carbons (Fsp3) is 0.308. The maximum atomic E-state index is 6.80. The van der Waals surface area contributed by atoms with Gasteiger partial charge in [-0.2, -0.15) is 0 Å². The van der Waals surface area contributed by atoms with Gasteiger partial charge in [0.05, 0.1) is 0 Å². The van der Waals surface area contributed by atoms with E-state index in [4.69, 9.17) is 9.47 Å².